The zero-order valence-electron chi connectivity index (χ0n) is 10.2. The van der Waals surface area contributed by atoms with Gasteiger partial charge in [0.2, 0.25) is 0 Å². The third kappa shape index (κ3) is 3.93. The SMILES string of the molecule is O=Cc1ccccc1OCC(=O)NCc1cccs1. The number of amides is 1. The number of nitrogens with one attached hydrogen (secondary N) is 1. The second-order valence-corrected chi connectivity index (χ2v) is 4.83. The summed E-state index contributed by atoms with van der Waals surface area (Å²) in [5.74, 6) is 0.206. The highest BCUT2D eigenvalue weighted by Crippen LogP contribution is 2.15. The molecule has 2 aromatic rings. The molecule has 0 saturated carbocycles. The lowest BCUT2D eigenvalue weighted by Crippen LogP contribution is -2.28. The summed E-state index contributed by atoms with van der Waals surface area (Å²) in [6.07, 6.45) is 0.707. The van der Waals surface area contributed by atoms with E-state index >= 15 is 0 Å². The van der Waals surface area contributed by atoms with Crippen LogP contribution < -0.4 is 10.1 Å². The Kier molecular flexibility index (Phi) is 4.69. The number of benzene rings is 1. The van der Waals surface area contributed by atoms with Crippen molar-refractivity contribution < 1.29 is 14.3 Å². The van der Waals surface area contributed by atoms with E-state index in [1.807, 2.05) is 17.5 Å². The summed E-state index contributed by atoms with van der Waals surface area (Å²) >= 11 is 1.58. The van der Waals surface area contributed by atoms with Crippen molar-refractivity contribution in [2.75, 3.05) is 6.61 Å². The van der Waals surface area contributed by atoms with Gasteiger partial charge >= 0.3 is 0 Å². The van der Waals surface area contributed by atoms with Gasteiger partial charge in [0.25, 0.3) is 5.91 Å². The standard InChI is InChI=1S/C14H13NO3S/c16-9-11-4-1-2-6-13(11)18-10-14(17)15-8-12-5-3-7-19-12/h1-7,9H,8,10H2,(H,15,17). The molecule has 1 N–H and O–H groups in total. The number of aldehydes is 1. The predicted molar refractivity (Wildman–Crippen MR) is 73.5 cm³/mol. The van der Waals surface area contributed by atoms with E-state index in [0.717, 1.165) is 4.88 Å². The smallest absolute Gasteiger partial charge is 0.258 e. The molecule has 0 aliphatic carbocycles. The lowest BCUT2D eigenvalue weighted by atomic mass is 10.2. The Hall–Kier alpha value is -2.14. The maximum absolute atomic E-state index is 11.6. The van der Waals surface area contributed by atoms with Crippen molar-refractivity contribution in [1.29, 1.82) is 0 Å². The minimum absolute atomic E-state index is 0.101. The van der Waals surface area contributed by atoms with Crippen molar-refractivity contribution in [1.82, 2.24) is 5.32 Å². The summed E-state index contributed by atoms with van der Waals surface area (Å²) in [5, 5.41) is 4.71. The van der Waals surface area contributed by atoms with Gasteiger partial charge in [-0.05, 0) is 23.6 Å². The lowest BCUT2D eigenvalue weighted by Gasteiger charge is -2.08. The van der Waals surface area contributed by atoms with E-state index in [-0.39, 0.29) is 12.5 Å². The molecule has 1 heterocycles. The van der Waals surface area contributed by atoms with E-state index in [9.17, 15) is 9.59 Å². The Morgan fingerprint density at radius 1 is 1.26 bits per heavy atom. The highest BCUT2D eigenvalue weighted by Gasteiger charge is 2.06. The second-order valence-electron chi connectivity index (χ2n) is 3.80. The number of hydrogen-bond acceptors (Lipinski definition) is 4. The molecule has 0 saturated heterocycles. The van der Waals surface area contributed by atoms with Gasteiger partial charge in [-0.3, -0.25) is 9.59 Å². The third-order valence-corrected chi connectivity index (χ3v) is 3.32. The Morgan fingerprint density at radius 3 is 2.84 bits per heavy atom. The van der Waals surface area contributed by atoms with E-state index in [4.69, 9.17) is 4.74 Å². The molecule has 0 atom stereocenters. The molecule has 0 aliphatic heterocycles. The van der Waals surface area contributed by atoms with Gasteiger partial charge in [0.1, 0.15) is 5.75 Å². The first-order valence-electron chi connectivity index (χ1n) is 5.75. The minimum Gasteiger partial charge on any atom is -0.483 e. The van der Waals surface area contributed by atoms with Crippen molar-refractivity contribution in [2.45, 2.75) is 6.54 Å². The van der Waals surface area contributed by atoms with Gasteiger partial charge in [0.05, 0.1) is 12.1 Å². The van der Waals surface area contributed by atoms with Crippen LogP contribution in [0.5, 0.6) is 5.75 Å². The normalized spacial score (nSPS) is 9.89. The van der Waals surface area contributed by atoms with Gasteiger partial charge in [-0.25, -0.2) is 0 Å². The molecule has 0 unspecified atom stereocenters. The zero-order chi connectivity index (χ0) is 13.5. The van der Waals surface area contributed by atoms with Gasteiger partial charge in [-0.2, -0.15) is 0 Å². The Morgan fingerprint density at radius 2 is 2.11 bits per heavy atom. The molecule has 4 nitrogen and oxygen atoms in total. The molecule has 1 amide bonds. The van der Waals surface area contributed by atoms with Crippen LogP contribution in [0.4, 0.5) is 0 Å². The number of carbonyl (C=O) groups excluding carboxylic acids is 2. The van der Waals surface area contributed by atoms with Gasteiger partial charge in [-0.15, -0.1) is 11.3 Å². The van der Waals surface area contributed by atoms with Crippen molar-refractivity contribution in [2.24, 2.45) is 0 Å². The highest BCUT2D eigenvalue weighted by molar-refractivity contribution is 7.09. The van der Waals surface area contributed by atoms with E-state index in [0.29, 0.717) is 24.1 Å². The van der Waals surface area contributed by atoms with E-state index in [1.54, 1.807) is 35.6 Å². The molecular weight excluding hydrogens is 262 g/mol. The minimum atomic E-state index is -0.214. The molecule has 0 aliphatic rings. The summed E-state index contributed by atoms with van der Waals surface area (Å²) < 4.78 is 5.32. The van der Waals surface area contributed by atoms with Gasteiger partial charge in [-0.1, -0.05) is 18.2 Å². The van der Waals surface area contributed by atoms with Gasteiger partial charge in [0.15, 0.2) is 12.9 Å². The van der Waals surface area contributed by atoms with Crippen LogP contribution in [0.1, 0.15) is 15.2 Å². The number of carbonyl (C=O) groups is 2. The van der Waals surface area contributed by atoms with Crippen LogP contribution in [0.3, 0.4) is 0 Å². The van der Waals surface area contributed by atoms with Crippen LogP contribution in [0, 0.1) is 0 Å². The van der Waals surface area contributed by atoms with E-state index < -0.39 is 0 Å². The number of ether oxygens (including phenoxy) is 1. The first-order chi connectivity index (χ1) is 9.29. The maximum atomic E-state index is 11.6. The molecular formula is C14H13NO3S. The summed E-state index contributed by atoms with van der Waals surface area (Å²) in [5.41, 5.74) is 0.438. The van der Waals surface area contributed by atoms with Gasteiger partial charge in [0, 0.05) is 4.88 Å². The Labute approximate surface area is 115 Å². The number of hydrogen-bond donors (Lipinski definition) is 1. The summed E-state index contributed by atoms with van der Waals surface area (Å²) in [4.78, 5) is 23.5. The largest absolute Gasteiger partial charge is 0.483 e. The average molecular weight is 275 g/mol. The third-order valence-electron chi connectivity index (χ3n) is 2.44. The quantitative estimate of drug-likeness (QED) is 0.823. The lowest BCUT2D eigenvalue weighted by molar-refractivity contribution is -0.123. The van der Waals surface area contributed by atoms with Crippen molar-refractivity contribution in [3.05, 3.63) is 52.2 Å². The first-order valence-corrected chi connectivity index (χ1v) is 6.63. The molecule has 5 heteroatoms. The first kappa shape index (κ1) is 13.3. The van der Waals surface area contributed by atoms with Gasteiger partial charge < -0.3 is 10.1 Å². The molecule has 19 heavy (non-hydrogen) atoms. The Balaban J connectivity index is 1.81. The fourth-order valence-electron chi connectivity index (χ4n) is 1.50. The highest BCUT2D eigenvalue weighted by atomic mass is 32.1. The number of para-hydroxylation sites is 1. The molecule has 98 valence electrons. The second kappa shape index (κ2) is 6.70. The van der Waals surface area contributed by atoms with Crippen molar-refractivity contribution in [3.63, 3.8) is 0 Å². The van der Waals surface area contributed by atoms with E-state index in [2.05, 4.69) is 5.32 Å². The van der Waals surface area contributed by atoms with Crippen LogP contribution in [0.25, 0.3) is 0 Å². The summed E-state index contributed by atoms with van der Waals surface area (Å²) in [6, 6.07) is 10.7. The Bertz CT molecular complexity index is 552. The van der Waals surface area contributed by atoms with Crippen LogP contribution in [0.15, 0.2) is 41.8 Å². The van der Waals surface area contributed by atoms with Crippen LogP contribution >= 0.6 is 11.3 Å². The topological polar surface area (TPSA) is 55.4 Å². The summed E-state index contributed by atoms with van der Waals surface area (Å²) in [6.45, 7) is 0.394. The van der Waals surface area contributed by atoms with Crippen LogP contribution in [-0.4, -0.2) is 18.8 Å². The fourth-order valence-corrected chi connectivity index (χ4v) is 2.15. The maximum Gasteiger partial charge on any atom is 0.258 e. The average Bonchev–Trinajstić information content (AvgIpc) is 2.96. The molecule has 1 aromatic carbocycles. The van der Waals surface area contributed by atoms with Crippen LogP contribution in [-0.2, 0) is 11.3 Å². The zero-order valence-corrected chi connectivity index (χ0v) is 11.0. The molecule has 1 aromatic heterocycles. The molecule has 0 fully saturated rings. The molecule has 0 radical (unpaired) electrons. The summed E-state index contributed by atoms with van der Waals surface area (Å²) in [7, 11) is 0. The molecule has 2 rings (SSSR count). The molecule has 0 bridgehead atoms. The van der Waals surface area contributed by atoms with E-state index in [1.165, 1.54) is 0 Å². The number of thiophene rings is 1. The number of rotatable bonds is 6. The van der Waals surface area contributed by atoms with Crippen molar-refractivity contribution >= 4 is 23.5 Å². The predicted octanol–water partition coefficient (Wildman–Crippen LogP) is 2.26. The molecule has 0 spiro atoms. The monoisotopic (exact) mass is 275 g/mol. The fraction of sp³-hybridized carbons (Fsp3) is 0.143. The van der Waals surface area contributed by atoms with Crippen LogP contribution in [0.2, 0.25) is 0 Å². The van der Waals surface area contributed by atoms with Crippen molar-refractivity contribution in [3.8, 4) is 5.75 Å².